The molecule has 18 heavy (non-hydrogen) atoms. The first kappa shape index (κ1) is 14.0. The maximum atomic E-state index is 6.41. The largest absolute Gasteiger partial charge is 0.319 e. The van der Waals surface area contributed by atoms with E-state index in [-0.39, 0.29) is 6.04 Å². The fourth-order valence-electron chi connectivity index (χ4n) is 1.93. The van der Waals surface area contributed by atoms with Crippen molar-refractivity contribution in [1.29, 1.82) is 0 Å². The van der Waals surface area contributed by atoms with E-state index in [0.717, 1.165) is 15.7 Å². The Hall–Kier alpha value is -0.400. The summed E-state index contributed by atoms with van der Waals surface area (Å²) in [5, 5.41) is 4.38. The van der Waals surface area contributed by atoms with Gasteiger partial charge in [-0.1, -0.05) is 18.2 Å². The van der Waals surface area contributed by atoms with E-state index in [4.69, 9.17) is 5.73 Å². The molecule has 2 aromatic rings. The highest BCUT2D eigenvalue weighted by Gasteiger charge is 2.21. The van der Waals surface area contributed by atoms with Gasteiger partial charge in [0, 0.05) is 9.61 Å². The second kappa shape index (κ2) is 5.71. The quantitative estimate of drug-likeness (QED) is 0.767. The Balaban J connectivity index is 2.49. The second-order valence-corrected chi connectivity index (χ2v) is 6.43. The minimum absolute atomic E-state index is 0.169. The van der Waals surface area contributed by atoms with E-state index in [0.29, 0.717) is 6.04 Å². The molecule has 0 aliphatic carbocycles. The molecule has 0 bridgehead atoms. The van der Waals surface area contributed by atoms with Crippen molar-refractivity contribution in [3.63, 3.8) is 0 Å². The van der Waals surface area contributed by atoms with Gasteiger partial charge in [-0.15, -0.1) is 0 Å². The van der Waals surface area contributed by atoms with E-state index in [1.807, 2.05) is 23.0 Å². The number of rotatable bonds is 3. The lowest BCUT2D eigenvalue weighted by Crippen LogP contribution is -2.20. The number of nitrogens with two attached hydrogens (primary N) is 1. The average Bonchev–Trinajstić information content (AvgIpc) is 2.71. The van der Waals surface area contributed by atoms with E-state index in [2.05, 4.69) is 69.6 Å². The van der Waals surface area contributed by atoms with Crippen molar-refractivity contribution < 1.29 is 0 Å². The van der Waals surface area contributed by atoms with Crippen LogP contribution in [0.1, 0.15) is 37.2 Å². The second-order valence-electron chi connectivity index (χ2n) is 4.42. The maximum Gasteiger partial charge on any atom is 0.0745 e. The summed E-state index contributed by atoms with van der Waals surface area (Å²) in [4.78, 5) is 0. The lowest BCUT2D eigenvalue weighted by molar-refractivity contribution is 0.498. The van der Waals surface area contributed by atoms with E-state index in [9.17, 15) is 0 Å². The molecule has 0 saturated carbocycles. The number of benzene rings is 1. The lowest BCUT2D eigenvalue weighted by Gasteiger charge is -2.18. The zero-order valence-electron chi connectivity index (χ0n) is 10.3. The van der Waals surface area contributed by atoms with Crippen LogP contribution in [-0.2, 0) is 0 Å². The van der Waals surface area contributed by atoms with Crippen molar-refractivity contribution in [1.82, 2.24) is 9.78 Å². The summed E-state index contributed by atoms with van der Waals surface area (Å²) in [6, 6.07) is 8.29. The standard InChI is InChI=1S/C13H15BrIN3/c1-8(2)18-13(10(14)7-17-18)12(16)9-5-3-4-6-11(9)15/h3-8,12H,16H2,1-2H3. The Morgan fingerprint density at radius 3 is 2.61 bits per heavy atom. The molecule has 1 heterocycles. The maximum absolute atomic E-state index is 6.41. The first-order chi connectivity index (χ1) is 8.52. The Morgan fingerprint density at radius 1 is 1.33 bits per heavy atom. The summed E-state index contributed by atoms with van der Waals surface area (Å²) in [7, 11) is 0. The van der Waals surface area contributed by atoms with Crippen LogP contribution in [0.2, 0.25) is 0 Å². The lowest BCUT2D eigenvalue weighted by atomic mass is 10.0. The minimum atomic E-state index is -0.169. The van der Waals surface area contributed by atoms with Crippen molar-refractivity contribution >= 4 is 38.5 Å². The van der Waals surface area contributed by atoms with Gasteiger partial charge in [-0.2, -0.15) is 5.10 Å². The van der Waals surface area contributed by atoms with Gasteiger partial charge in [-0.25, -0.2) is 0 Å². The first-order valence-corrected chi connectivity index (χ1v) is 7.62. The van der Waals surface area contributed by atoms with Gasteiger partial charge in [0.2, 0.25) is 0 Å². The Bertz CT molecular complexity index is 551. The van der Waals surface area contributed by atoms with E-state index in [1.54, 1.807) is 0 Å². The van der Waals surface area contributed by atoms with Crippen LogP contribution < -0.4 is 5.73 Å². The molecule has 0 aliphatic rings. The fraction of sp³-hybridized carbons (Fsp3) is 0.308. The number of nitrogens with zero attached hydrogens (tertiary/aromatic N) is 2. The predicted octanol–water partition coefficient (Wildman–Crippen LogP) is 3.88. The number of hydrogen-bond donors (Lipinski definition) is 1. The van der Waals surface area contributed by atoms with Gasteiger partial charge < -0.3 is 5.73 Å². The summed E-state index contributed by atoms with van der Waals surface area (Å²) in [6.45, 7) is 4.21. The van der Waals surface area contributed by atoms with Gasteiger partial charge in [0.1, 0.15) is 0 Å². The van der Waals surface area contributed by atoms with Crippen LogP contribution in [0.5, 0.6) is 0 Å². The smallest absolute Gasteiger partial charge is 0.0745 e. The molecule has 0 fully saturated rings. The number of aromatic nitrogens is 2. The molecule has 3 nitrogen and oxygen atoms in total. The molecule has 0 spiro atoms. The molecule has 0 aliphatic heterocycles. The molecular weight excluding hydrogens is 405 g/mol. The highest BCUT2D eigenvalue weighted by Crippen LogP contribution is 2.30. The van der Waals surface area contributed by atoms with Crippen LogP contribution in [0.15, 0.2) is 34.9 Å². The zero-order chi connectivity index (χ0) is 13.3. The van der Waals surface area contributed by atoms with E-state index >= 15 is 0 Å². The highest BCUT2D eigenvalue weighted by molar-refractivity contribution is 14.1. The van der Waals surface area contributed by atoms with Gasteiger partial charge in [-0.05, 0) is 64.0 Å². The minimum Gasteiger partial charge on any atom is -0.319 e. The van der Waals surface area contributed by atoms with Gasteiger partial charge in [0.05, 0.1) is 22.4 Å². The summed E-state index contributed by atoms with van der Waals surface area (Å²) in [5.74, 6) is 0. The Kier molecular flexibility index (Phi) is 4.45. The van der Waals surface area contributed by atoms with Crippen LogP contribution in [0.4, 0.5) is 0 Å². The molecule has 0 saturated heterocycles. The van der Waals surface area contributed by atoms with E-state index < -0.39 is 0 Å². The van der Waals surface area contributed by atoms with Crippen molar-refractivity contribution in [2.45, 2.75) is 25.9 Å². The molecule has 1 atom stereocenters. The summed E-state index contributed by atoms with van der Waals surface area (Å²) < 4.78 is 4.10. The fourth-order valence-corrected chi connectivity index (χ4v) is 3.17. The van der Waals surface area contributed by atoms with Crippen molar-refractivity contribution in [3.8, 4) is 0 Å². The molecule has 5 heteroatoms. The van der Waals surface area contributed by atoms with Gasteiger partial charge in [0.15, 0.2) is 0 Å². The van der Waals surface area contributed by atoms with Crippen LogP contribution in [0, 0.1) is 3.57 Å². The van der Waals surface area contributed by atoms with Crippen molar-refractivity contribution in [2.24, 2.45) is 5.73 Å². The molecule has 96 valence electrons. The molecule has 1 aromatic carbocycles. The number of halogens is 2. The van der Waals surface area contributed by atoms with Gasteiger partial charge in [0.25, 0.3) is 0 Å². The summed E-state index contributed by atoms with van der Waals surface area (Å²) >= 11 is 5.86. The number of hydrogen-bond acceptors (Lipinski definition) is 2. The topological polar surface area (TPSA) is 43.8 Å². The van der Waals surface area contributed by atoms with Crippen LogP contribution in [-0.4, -0.2) is 9.78 Å². The SMILES string of the molecule is CC(C)n1ncc(Br)c1C(N)c1ccccc1I. The normalized spacial score (nSPS) is 13.0. The Morgan fingerprint density at radius 2 is 2.00 bits per heavy atom. The molecule has 0 amide bonds. The zero-order valence-corrected chi connectivity index (χ0v) is 14.0. The van der Waals surface area contributed by atoms with Crippen molar-refractivity contribution in [2.75, 3.05) is 0 Å². The summed E-state index contributed by atoms with van der Waals surface area (Å²) in [5.41, 5.74) is 8.55. The molecular formula is C13H15BrIN3. The van der Waals surface area contributed by atoms with Crippen LogP contribution in [0.25, 0.3) is 0 Å². The van der Waals surface area contributed by atoms with Crippen LogP contribution in [0.3, 0.4) is 0 Å². The third-order valence-electron chi connectivity index (χ3n) is 2.81. The molecule has 2 rings (SSSR count). The van der Waals surface area contributed by atoms with Crippen molar-refractivity contribution in [3.05, 3.63) is 49.8 Å². The third-order valence-corrected chi connectivity index (χ3v) is 4.40. The average molecular weight is 420 g/mol. The molecule has 0 radical (unpaired) electrons. The molecule has 1 unspecified atom stereocenters. The molecule has 2 N–H and O–H groups in total. The van der Waals surface area contributed by atoms with Gasteiger partial charge in [-0.3, -0.25) is 4.68 Å². The Labute approximate surface area is 129 Å². The third kappa shape index (κ3) is 2.62. The van der Waals surface area contributed by atoms with Crippen LogP contribution >= 0.6 is 38.5 Å². The molecule has 1 aromatic heterocycles. The highest BCUT2D eigenvalue weighted by atomic mass is 127. The van der Waals surface area contributed by atoms with E-state index in [1.165, 1.54) is 3.57 Å². The summed E-state index contributed by atoms with van der Waals surface area (Å²) in [6.07, 6.45) is 1.81. The first-order valence-electron chi connectivity index (χ1n) is 5.75. The predicted molar refractivity (Wildman–Crippen MR) is 85.5 cm³/mol. The van der Waals surface area contributed by atoms with Gasteiger partial charge >= 0.3 is 0 Å². The monoisotopic (exact) mass is 419 g/mol.